The highest BCUT2D eigenvalue weighted by molar-refractivity contribution is 7.80. The first kappa shape index (κ1) is 24.0. The normalized spacial score (nSPS) is 19.2. The van der Waals surface area contributed by atoms with E-state index < -0.39 is 6.04 Å². The average Bonchev–Trinajstić information content (AvgIpc) is 2.85. The Bertz CT molecular complexity index is 923. The fourth-order valence-electron chi connectivity index (χ4n) is 5.04. The summed E-state index contributed by atoms with van der Waals surface area (Å²) in [5.74, 6) is 1.62. The number of anilines is 1. The van der Waals surface area contributed by atoms with Crippen LogP contribution in [-0.2, 0) is 4.79 Å². The van der Waals surface area contributed by atoms with Gasteiger partial charge in [0.25, 0.3) is 0 Å². The molecule has 1 amide bonds. The number of halogens is 1. The molecule has 2 fully saturated rings. The van der Waals surface area contributed by atoms with E-state index in [9.17, 15) is 4.79 Å². The van der Waals surface area contributed by atoms with E-state index in [-0.39, 0.29) is 5.91 Å². The summed E-state index contributed by atoms with van der Waals surface area (Å²) in [5, 5.41) is 7.52. The number of carbonyl (C=O) groups excluding carboxylic acids is 1. The first-order valence-corrected chi connectivity index (χ1v) is 12.6. The van der Waals surface area contributed by atoms with Gasteiger partial charge in [0, 0.05) is 23.8 Å². The highest BCUT2D eigenvalue weighted by Crippen LogP contribution is 2.33. The molecule has 2 saturated heterocycles. The molecular formula is C26H33ClN4OS. The van der Waals surface area contributed by atoms with Crippen molar-refractivity contribution in [2.24, 2.45) is 11.8 Å². The Labute approximate surface area is 207 Å². The lowest BCUT2D eigenvalue weighted by atomic mass is 9.79. The Balaban J connectivity index is 1.39. The van der Waals surface area contributed by atoms with Crippen LogP contribution in [0, 0.1) is 11.8 Å². The van der Waals surface area contributed by atoms with E-state index in [1.807, 2.05) is 47.4 Å². The van der Waals surface area contributed by atoms with Crippen LogP contribution in [0.2, 0.25) is 5.02 Å². The Morgan fingerprint density at radius 1 is 0.939 bits per heavy atom. The van der Waals surface area contributed by atoms with Crippen LogP contribution < -0.4 is 10.6 Å². The van der Waals surface area contributed by atoms with Gasteiger partial charge in [-0.05, 0) is 99.7 Å². The predicted octanol–water partition coefficient (Wildman–Crippen LogP) is 4.95. The third-order valence-electron chi connectivity index (χ3n) is 7.04. The quantitative estimate of drug-likeness (QED) is 0.588. The van der Waals surface area contributed by atoms with Gasteiger partial charge in [-0.3, -0.25) is 4.79 Å². The van der Waals surface area contributed by atoms with Crippen LogP contribution in [0.4, 0.5) is 5.69 Å². The number of thiocarbonyl (C=S) groups is 1. The fraction of sp³-hybridized carbons (Fsp3) is 0.462. The van der Waals surface area contributed by atoms with Crippen molar-refractivity contribution in [3.05, 3.63) is 65.2 Å². The average molecular weight is 485 g/mol. The lowest BCUT2D eigenvalue weighted by Gasteiger charge is -2.40. The van der Waals surface area contributed by atoms with Crippen molar-refractivity contribution in [2.75, 3.05) is 38.5 Å². The highest BCUT2D eigenvalue weighted by Gasteiger charge is 2.33. The Morgan fingerprint density at radius 2 is 1.52 bits per heavy atom. The molecule has 0 unspecified atom stereocenters. The van der Waals surface area contributed by atoms with Crippen molar-refractivity contribution >= 4 is 40.5 Å². The maximum absolute atomic E-state index is 13.6. The van der Waals surface area contributed by atoms with Crippen LogP contribution in [0.25, 0.3) is 0 Å². The molecular weight excluding hydrogens is 452 g/mol. The third kappa shape index (κ3) is 6.46. The molecule has 0 spiro atoms. The smallest absolute Gasteiger partial charge is 0.249 e. The van der Waals surface area contributed by atoms with E-state index in [1.165, 1.54) is 25.9 Å². The molecule has 0 aromatic heterocycles. The van der Waals surface area contributed by atoms with Crippen molar-refractivity contribution in [3.8, 4) is 0 Å². The second-order valence-electron chi connectivity index (χ2n) is 9.25. The number of nitrogens with one attached hydrogen (secondary N) is 2. The minimum Gasteiger partial charge on any atom is -0.347 e. The summed E-state index contributed by atoms with van der Waals surface area (Å²) < 4.78 is 0. The van der Waals surface area contributed by atoms with E-state index in [4.69, 9.17) is 23.8 Å². The summed E-state index contributed by atoms with van der Waals surface area (Å²) in [6.45, 7) is 4.03. The summed E-state index contributed by atoms with van der Waals surface area (Å²) in [6, 6.07) is 16.7. The van der Waals surface area contributed by atoms with E-state index in [0.717, 1.165) is 49.0 Å². The Hall–Kier alpha value is -2.15. The molecule has 33 heavy (non-hydrogen) atoms. The molecule has 2 heterocycles. The Kier molecular flexibility index (Phi) is 8.23. The van der Waals surface area contributed by atoms with Gasteiger partial charge in [0.05, 0.1) is 0 Å². The lowest BCUT2D eigenvalue weighted by Crippen LogP contribution is -2.48. The largest absolute Gasteiger partial charge is 0.347 e. The standard InChI is InChI=1S/C26H33ClN4OS/c1-30-15-11-19(12-16-30)20-13-17-31(18-14-20)25(32)24(21-5-3-2-4-6-21)29-26(33)28-23-9-7-22(27)8-10-23/h2-10,19-20,24H,11-18H2,1H3,(H2,28,29,33)/t24-/m1/s1. The van der Waals surface area contributed by atoms with Gasteiger partial charge < -0.3 is 20.4 Å². The number of amides is 1. The molecule has 176 valence electrons. The molecule has 2 aliphatic heterocycles. The number of hydrogen-bond acceptors (Lipinski definition) is 3. The van der Waals surface area contributed by atoms with Crippen LogP contribution in [0.15, 0.2) is 54.6 Å². The van der Waals surface area contributed by atoms with Gasteiger partial charge in [-0.1, -0.05) is 41.9 Å². The number of carbonyl (C=O) groups is 1. The summed E-state index contributed by atoms with van der Waals surface area (Å²) in [5.41, 5.74) is 1.75. The first-order valence-electron chi connectivity index (χ1n) is 11.8. The number of rotatable bonds is 5. The minimum absolute atomic E-state index is 0.0864. The first-order chi connectivity index (χ1) is 16.0. The van der Waals surface area contributed by atoms with E-state index in [2.05, 4.69) is 22.6 Å². The fourth-order valence-corrected chi connectivity index (χ4v) is 5.40. The summed E-state index contributed by atoms with van der Waals surface area (Å²) in [6.07, 6.45) is 4.76. The van der Waals surface area contributed by atoms with E-state index in [0.29, 0.717) is 10.1 Å². The molecule has 1 atom stereocenters. The zero-order valence-corrected chi connectivity index (χ0v) is 20.7. The van der Waals surface area contributed by atoms with Crippen molar-refractivity contribution in [2.45, 2.75) is 31.7 Å². The molecule has 2 aliphatic rings. The zero-order valence-electron chi connectivity index (χ0n) is 19.2. The third-order valence-corrected chi connectivity index (χ3v) is 7.51. The van der Waals surface area contributed by atoms with Crippen molar-refractivity contribution in [1.82, 2.24) is 15.1 Å². The molecule has 0 radical (unpaired) electrons. The summed E-state index contributed by atoms with van der Waals surface area (Å²) in [7, 11) is 2.21. The zero-order chi connectivity index (χ0) is 23.2. The second-order valence-corrected chi connectivity index (χ2v) is 10.1. The van der Waals surface area contributed by atoms with Crippen molar-refractivity contribution in [1.29, 1.82) is 0 Å². The van der Waals surface area contributed by atoms with Gasteiger partial charge in [-0.2, -0.15) is 0 Å². The van der Waals surface area contributed by atoms with E-state index in [1.54, 1.807) is 12.1 Å². The molecule has 0 aliphatic carbocycles. The summed E-state index contributed by atoms with van der Waals surface area (Å²) >= 11 is 11.5. The number of piperidine rings is 2. The lowest BCUT2D eigenvalue weighted by molar-refractivity contribution is -0.135. The predicted molar refractivity (Wildman–Crippen MR) is 140 cm³/mol. The molecule has 5 nitrogen and oxygen atoms in total. The van der Waals surface area contributed by atoms with Gasteiger partial charge in [0.1, 0.15) is 6.04 Å². The summed E-state index contributed by atoms with van der Waals surface area (Å²) in [4.78, 5) is 18.0. The molecule has 2 aromatic carbocycles. The molecule has 0 saturated carbocycles. The highest BCUT2D eigenvalue weighted by atomic mass is 35.5. The SMILES string of the molecule is CN1CCC(C2CCN(C(=O)[C@H](NC(=S)Nc3ccc(Cl)cc3)c3ccccc3)CC2)CC1. The van der Waals surface area contributed by atoms with Gasteiger partial charge >= 0.3 is 0 Å². The van der Waals surface area contributed by atoms with Crippen molar-refractivity contribution < 1.29 is 4.79 Å². The Morgan fingerprint density at radius 3 is 2.12 bits per heavy atom. The van der Waals surface area contributed by atoms with Crippen molar-refractivity contribution in [3.63, 3.8) is 0 Å². The molecule has 0 bridgehead atoms. The maximum atomic E-state index is 13.6. The van der Waals surface area contributed by atoms with Crippen LogP contribution in [0.1, 0.15) is 37.3 Å². The molecule has 2 N–H and O–H groups in total. The monoisotopic (exact) mass is 484 g/mol. The van der Waals surface area contributed by atoms with Gasteiger partial charge in [-0.25, -0.2) is 0 Å². The molecule has 2 aromatic rings. The minimum atomic E-state index is -0.515. The van der Waals surface area contributed by atoms with Crippen LogP contribution in [0.3, 0.4) is 0 Å². The number of benzene rings is 2. The molecule has 7 heteroatoms. The molecule has 4 rings (SSSR count). The van der Waals surface area contributed by atoms with Crippen LogP contribution in [0.5, 0.6) is 0 Å². The number of nitrogens with zero attached hydrogens (tertiary/aromatic N) is 2. The second kappa shape index (κ2) is 11.3. The van der Waals surface area contributed by atoms with E-state index >= 15 is 0 Å². The van der Waals surface area contributed by atoms with Gasteiger partial charge in [0.2, 0.25) is 5.91 Å². The van der Waals surface area contributed by atoms with Crippen LogP contribution >= 0.6 is 23.8 Å². The van der Waals surface area contributed by atoms with Gasteiger partial charge in [-0.15, -0.1) is 0 Å². The number of hydrogen-bond donors (Lipinski definition) is 2. The van der Waals surface area contributed by atoms with Crippen LogP contribution in [-0.4, -0.2) is 54.0 Å². The van der Waals surface area contributed by atoms with Gasteiger partial charge in [0.15, 0.2) is 5.11 Å². The maximum Gasteiger partial charge on any atom is 0.249 e. The topological polar surface area (TPSA) is 47.6 Å². The number of likely N-dealkylation sites (tertiary alicyclic amines) is 2.